The fourth-order valence-electron chi connectivity index (χ4n) is 8.42. The average Bonchev–Trinajstić information content (AvgIpc) is 3.82. The van der Waals surface area contributed by atoms with Crippen molar-refractivity contribution >= 4 is 53.3 Å². The first-order chi connectivity index (χ1) is 26.0. The van der Waals surface area contributed by atoms with Crippen LogP contribution in [-0.2, 0) is 5.41 Å². The van der Waals surface area contributed by atoms with E-state index in [9.17, 15) is 0 Å². The fraction of sp³-hybridized carbons (Fsp3) is 0.0625. The molecule has 0 radical (unpaired) electrons. The lowest BCUT2D eigenvalue weighted by Gasteiger charge is -2.21. The minimum atomic E-state index is -0.0514. The van der Waals surface area contributed by atoms with E-state index >= 15 is 0 Å². The van der Waals surface area contributed by atoms with Crippen LogP contribution in [0.5, 0.6) is 0 Å². The molecule has 0 fully saturated rings. The Hall–Kier alpha value is -6.43. The molecule has 0 saturated heterocycles. The van der Waals surface area contributed by atoms with Crippen LogP contribution in [0.25, 0.3) is 93.0 Å². The summed E-state index contributed by atoms with van der Waals surface area (Å²) < 4.78 is 4.91. The smallest absolute Gasteiger partial charge is 0.164 e. The molecule has 0 aliphatic heterocycles. The standard InChI is InChI=1S/C48H32N4S/c1-48(2)39-19-11-9-17-33(39)36-28-42-37(27-40(36)48)34-18-10-12-20-41(34)52(42)32-22-24-43-38(26-32)35-23-21-31(25-44(35)53-43)47-50-45(29-13-5-3-6-14-29)49-46(51-47)30-15-7-4-8-16-30/h3-28H,1-2H3. The third kappa shape index (κ3) is 4.57. The van der Waals surface area contributed by atoms with Crippen molar-refractivity contribution in [3.63, 3.8) is 0 Å². The molecule has 10 aromatic rings. The van der Waals surface area contributed by atoms with E-state index in [0.29, 0.717) is 17.5 Å². The van der Waals surface area contributed by atoms with Crippen LogP contribution >= 0.6 is 11.3 Å². The summed E-state index contributed by atoms with van der Waals surface area (Å²) in [4.78, 5) is 14.9. The van der Waals surface area contributed by atoms with Crippen LogP contribution in [0.1, 0.15) is 25.0 Å². The van der Waals surface area contributed by atoms with Crippen LogP contribution < -0.4 is 0 Å². The molecule has 53 heavy (non-hydrogen) atoms. The van der Waals surface area contributed by atoms with Crippen LogP contribution in [0.15, 0.2) is 158 Å². The van der Waals surface area contributed by atoms with Gasteiger partial charge in [0.1, 0.15) is 0 Å². The number of hydrogen-bond acceptors (Lipinski definition) is 4. The van der Waals surface area contributed by atoms with Gasteiger partial charge in [0.05, 0.1) is 11.0 Å². The minimum Gasteiger partial charge on any atom is -0.309 e. The highest BCUT2D eigenvalue weighted by molar-refractivity contribution is 7.25. The molecule has 4 nitrogen and oxygen atoms in total. The highest BCUT2D eigenvalue weighted by atomic mass is 32.1. The fourth-order valence-corrected chi connectivity index (χ4v) is 9.55. The highest BCUT2D eigenvalue weighted by Crippen LogP contribution is 2.51. The number of para-hydroxylation sites is 1. The van der Waals surface area contributed by atoms with E-state index in [1.807, 2.05) is 72.0 Å². The Labute approximate surface area is 310 Å². The molecule has 0 amide bonds. The lowest BCUT2D eigenvalue weighted by Crippen LogP contribution is -2.14. The van der Waals surface area contributed by atoms with Gasteiger partial charge in [-0.25, -0.2) is 15.0 Å². The van der Waals surface area contributed by atoms with E-state index in [0.717, 1.165) is 22.4 Å². The van der Waals surface area contributed by atoms with Crippen LogP contribution in [0, 0.1) is 0 Å². The summed E-state index contributed by atoms with van der Waals surface area (Å²) in [5.41, 5.74) is 11.9. The maximum absolute atomic E-state index is 4.99. The number of nitrogens with zero attached hydrogens (tertiary/aromatic N) is 4. The summed E-state index contributed by atoms with van der Waals surface area (Å²) in [5, 5.41) is 5.05. The third-order valence-electron chi connectivity index (χ3n) is 11.0. The van der Waals surface area contributed by atoms with Crippen molar-refractivity contribution in [2.45, 2.75) is 19.3 Å². The largest absolute Gasteiger partial charge is 0.309 e. The van der Waals surface area contributed by atoms with Crippen molar-refractivity contribution in [2.75, 3.05) is 0 Å². The van der Waals surface area contributed by atoms with Gasteiger partial charge in [-0.2, -0.15) is 0 Å². The van der Waals surface area contributed by atoms with Crippen LogP contribution in [0.3, 0.4) is 0 Å². The molecular weight excluding hydrogens is 665 g/mol. The molecule has 3 heterocycles. The molecule has 1 aliphatic carbocycles. The normalized spacial score (nSPS) is 13.2. The number of fused-ring (bicyclic) bond motifs is 9. The average molecular weight is 697 g/mol. The first kappa shape index (κ1) is 30.2. The van der Waals surface area contributed by atoms with E-state index in [1.165, 1.54) is 64.2 Å². The van der Waals surface area contributed by atoms with Gasteiger partial charge in [-0.3, -0.25) is 0 Å². The molecule has 1 aliphatic rings. The van der Waals surface area contributed by atoms with E-state index in [2.05, 4.69) is 115 Å². The quantitative estimate of drug-likeness (QED) is 0.184. The molecule has 0 spiro atoms. The summed E-state index contributed by atoms with van der Waals surface area (Å²) in [7, 11) is 0. The number of thiophene rings is 1. The summed E-state index contributed by atoms with van der Waals surface area (Å²) >= 11 is 1.81. The predicted octanol–water partition coefficient (Wildman–Crippen LogP) is 12.6. The third-order valence-corrected chi connectivity index (χ3v) is 12.2. The van der Waals surface area contributed by atoms with Crippen molar-refractivity contribution in [3.8, 4) is 51.0 Å². The SMILES string of the molecule is CC1(C)c2ccccc2-c2cc3c(cc21)c1ccccc1n3-c1ccc2sc3cc(-c4nc(-c5ccccc5)nc(-c5ccccc5)n4)ccc3c2c1. The second-order valence-electron chi connectivity index (χ2n) is 14.5. The minimum absolute atomic E-state index is 0.0514. The molecule has 0 saturated carbocycles. The Morgan fingerprint density at radius 2 is 1.09 bits per heavy atom. The maximum Gasteiger partial charge on any atom is 0.164 e. The van der Waals surface area contributed by atoms with E-state index in [-0.39, 0.29) is 5.41 Å². The van der Waals surface area contributed by atoms with Crippen molar-refractivity contribution in [1.82, 2.24) is 19.5 Å². The Balaban J connectivity index is 1.07. The lowest BCUT2D eigenvalue weighted by atomic mass is 9.82. The number of benzene rings is 7. The summed E-state index contributed by atoms with van der Waals surface area (Å²) in [6, 6.07) is 56.5. The number of rotatable bonds is 4. The van der Waals surface area contributed by atoms with Gasteiger partial charge in [0.25, 0.3) is 0 Å². The Morgan fingerprint density at radius 1 is 0.434 bits per heavy atom. The zero-order valence-electron chi connectivity index (χ0n) is 29.2. The molecule has 0 bridgehead atoms. The molecule has 250 valence electrons. The molecule has 5 heteroatoms. The van der Waals surface area contributed by atoms with Gasteiger partial charge in [-0.15, -0.1) is 11.3 Å². The van der Waals surface area contributed by atoms with Gasteiger partial charge < -0.3 is 4.57 Å². The van der Waals surface area contributed by atoms with Gasteiger partial charge in [-0.1, -0.05) is 129 Å². The second kappa shape index (κ2) is 11.3. The molecule has 0 N–H and O–H groups in total. The Kier molecular flexibility index (Phi) is 6.43. The van der Waals surface area contributed by atoms with Crippen molar-refractivity contribution in [2.24, 2.45) is 0 Å². The van der Waals surface area contributed by atoms with Gasteiger partial charge in [0, 0.05) is 58.7 Å². The number of aromatic nitrogens is 4. The van der Waals surface area contributed by atoms with Crippen molar-refractivity contribution in [1.29, 1.82) is 0 Å². The van der Waals surface area contributed by atoms with Gasteiger partial charge in [-0.05, 0) is 64.7 Å². The van der Waals surface area contributed by atoms with E-state index < -0.39 is 0 Å². The monoisotopic (exact) mass is 696 g/mol. The maximum atomic E-state index is 4.99. The highest BCUT2D eigenvalue weighted by Gasteiger charge is 2.36. The van der Waals surface area contributed by atoms with Crippen LogP contribution in [0.4, 0.5) is 0 Å². The second-order valence-corrected chi connectivity index (χ2v) is 15.6. The van der Waals surface area contributed by atoms with E-state index in [1.54, 1.807) is 0 Å². The lowest BCUT2D eigenvalue weighted by molar-refractivity contribution is 0.661. The molecular formula is C48H32N4S. The zero-order valence-corrected chi connectivity index (χ0v) is 30.0. The molecule has 11 rings (SSSR count). The Morgan fingerprint density at radius 3 is 1.85 bits per heavy atom. The first-order valence-electron chi connectivity index (χ1n) is 18.0. The van der Waals surface area contributed by atoms with Crippen LogP contribution in [0.2, 0.25) is 0 Å². The van der Waals surface area contributed by atoms with Gasteiger partial charge in [0.15, 0.2) is 17.5 Å². The molecule has 0 atom stereocenters. The van der Waals surface area contributed by atoms with E-state index in [4.69, 9.17) is 15.0 Å². The van der Waals surface area contributed by atoms with Crippen molar-refractivity contribution in [3.05, 3.63) is 169 Å². The summed E-state index contributed by atoms with van der Waals surface area (Å²) in [6.07, 6.45) is 0. The topological polar surface area (TPSA) is 43.6 Å². The Bertz CT molecular complexity index is 3020. The summed E-state index contributed by atoms with van der Waals surface area (Å²) in [5.74, 6) is 2.00. The molecule has 7 aromatic carbocycles. The first-order valence-corrected chi connectivity index (χ1v) is 18.8. The van der Waals surface area contributed by atoms with Crippen LogP contribution in [-0.4, -0.2) is 19.5 Å². The number of hydrogen-bond donors (Lipinski definition) is 0. The van der Waals surface area contributed by atoms with Gasteiger partial charge in [0.2, 0.25) is 0 Å². The molecule has 3 aromatic heterocycles. The molecule has 0 unspecified atom stereocenters. The predicted molar refractivity (Wildman–Crippen MR) is 221 cm³/mol. The van der Waals surface area contributed by atoms with Gasteiger partial charge >= 0.3 is 0 Å². The summed E-state index contributed by atoms with van der Waals surface area (Å²) in [6.45, 7) is 4.71. The van der Waals surface area contributed by atoms with Crippen molar-refractivity contribution < 1.29 is 0 Å². The zero-order chi connectivity index (χ0) is 35.3.